The van der Waals surface area contributed by atoms with E-state index in [0.717, 1.165) is 15.6 Å². The number of carbonyl (C=O) groups is 1. The molecule has 0 radical (unpaired) electrons. The molecule has 3 aromatic carbocycles. The van der Waals surface area contributed by atoms with Crippen molar-refractivity contribution in [1.29, 1.82) is 0 Å². The van der Waals surface area contributed by atoms with E-state index in [2.05, 4.69) is 26.0 Å². The predicted molar refractivity (Wildman–Crippen MR) is 128 cm³/mol. The third-order valence-corrected chi connectivity index (χ3v) is 6.99. The number of amides is 1. The molecule has 0 saturated carbocycles. The van der Waals surface area contributed by atoms with Gasteiger partial charge < -0.3 is 10.1 Å². The lowest BCUT2D eigenvalue weighted by Crippen LogP contribution is -2.28. The molecule has 3 aromatic rings. The second kappa shape index (κ2) is 10.8. The van der Waals surface area contributed by atoms with E-state index in [-0.39, 0.29) is 34.7 Å². The second-order valence-electron chi connectivity index (χ2n) is 7.25. The Morgan fingerprint density at radius 1 is 1.03 bits per heavy atom. The van der Waals surface area contributed by atoms with E-state index in [0.29, 0.717) is 6.42 Å². The summed E-state index contributed by atoms with van der Waals surface area (Å²) >= 11 is 3.39. The molecule has 6 nitrogen and oxygen atoms in total. The fourth-order valence-corrected chi connectivity index (χ4v) is 4.68. The summed E-state index contributed by atoms with van der Waals surface area (Å²) in [5.74, 6) is -0.196. The lowest BCUT2D eigenvalue weighted by Gasteiger charge is -2.16. The zero-order chi connectivity index (χ0) is 23.1. The normalized spacial score (nSPS) is 12.2. The molecule has 0 fully saturated rings. The molecule has 1 amide bonds. The van der Waals surface area contributed by atoms with Gasteiger partial charge in [-0.1, -0.05) is 58.4 Å². The first-order valence-electron chi connectivity index (χ1n) is 10.1. The van der Waals surface area contributed by atoms with E-state index in [1.807, 2.05) is 61.5 Å². The first-order valence-corrected chi connectivity index (χ1v) is 12.4. The van der Waals surface area contributed by atoms with Gasteiger partial charge in [0.15, 0.2) is 0 Å². The highest BCUT2D eigenvalue weighted by Crippen LogP contribution is 2.25. The van der Waals surface area contributed by atoms with Gasteiger partial charge in [-0.05, 0) is 54.8 Å². The number of carbonyl (C=O) groups excluding carboxylic acids is 1. The zero-order valence-corrected chi connectivity index (χ0v) is 20.2. The van der Waals surface area contributed by atoms with Gasteiger partial charge >= 0.3 is 0 Å². The van der Waals surface area contributed by atoms with Crippen LogP contribution in [0.5, 0.6) is 5.75 Å². The van der Waals surface area contributed by atoms with Gasteiger partial charge in [0.25, 0.3) is 5.91 Å². The number of rotatable bonds is 9. The minimum Gasteiger partial charge on any atom is -0.495 e. The first kappa shape index (κ1) is 24.0. The van der Waals surface area contributed by atoms with Gasteiger partial charge in [-0.2, -0.15) is 0 Å². The maximum absolute atomic E-state index is 12.9. The predicted octanol–water partition coefficient (Wildman–Crippen LogP) is 4.47. The summed E-state index contributed by atoms with van der Waals surface area (Å²) in [5.41, 5.74) is 2.20. The smallest absolute Gasteiger partial charge is 0.251 e. The number of sulfonamides is 1. The SMILES string of the molecule is COc1ccc(C(=O)NC(C)c2ccc(Br)cc2)cc1S(=O)(=O)NCCc1ccccc1. The van der Waals surface area contributed by atoms with Crippen molar-refractivity contribution in [2.75, 3.05) is 13.7 Å². The molecule has 1 atom stereocenters. The van der Waals surface area contributed by atoms with Crippen LogP contribution in [0.1, 0.15) is 34.5 Å². The standard InChI is InChI=1S/C24H25BrN2O4S/c1-17(19-8-11-21(25)12-9-19)27-24(28)20-10-13-22(31-2)23(16-20)32(29,30)26-15-14-18-6-4-3-5-7-18/h3-13,16-17,26H,14-15H2,1-2H3,(H,27,28). The van der Waals surface area contributed by atoms with Crippen molar-refractivity contribution in [3.63, 3.8) is 0 Å². The number of halogens is 1. The molecule has 0 heterocycles. The van der Waals surface area contributed by atoms with Crippen molar-refractivity contribution in [1.82, 2.24) is 10.0 Å². The summed E-state index contributed by atoms with van der Waals surface area (Å²) in [6, 6.07) is 21.4. The zero-order valence-electron chi connectivity index (χ0n) is 17.8. The molecule has 168 valence electrons. The Bertz CT molecular complexity index is 1170. The number of nitrogens with one attached hydrogen (secondary N) is 2. The largest absolute Gasteiger partial charge is 0.495 e. The van der Waals surface area contributed by atoms with E-state index in [9.17, 15) is 13.2 Å². The van der Waals surface area contributed by atoms with Crippen molar-refractivity contribution < 1.29 is 17.9 Å². The Balaban J connectivity index is 1.74. The van der Waals surface area contributed by atoms with Crippen molar-refractivity contribution in [2.45, 2.75) is 24.3 Å². The Morgan fingerprint density at radius 2 is 1.72 bits per heavy atom. The maximum Gasteiger partial charge on any atom is 0.251 e. The summed E-state index contributed by atoms with van der Waals surface area (Å²) in [7, 11) is -2.48. The number of ether oxygens (including phenoxy) is 1. The highest BCUT2D eigenvalue weighted by Gasteiger charge is 2.22. The number of hydrogen-bond acceptors (Lipinski definition) is 4. The van der Waals surface area contributed by atoms with Crippen LogP contribution in [-0.4, -0.2) is 28.0 Å². The molecular weight excluding hydrogens is 492 g/mol. The monoisotopic (exact) mass is 516 g/mol. The molecule has 0 aliphatic rings. The number of hydrogen-bond donors (Lipinski definition) is 2. The van der Waals surface area contributed by atoms with Crippen LogP contribution >= 0.6 is 15.9 Å². The minimum atomic E-state index is -3.87. The van der Waals surface area contributed by atoms with Crippen molar-refractivity contribution in [3.8, 4) is 5.75 Å². The third-order valence-electron chi connectivity index (χ3n) is 4.98. The summed E-state index contributed by atoms with van der Waals surface area (Å²) in [4.78, 5) is 12.7. The van der Waals surface area contributed by atoms with Gasteiger partial charge in [-0.15, -0.1) is 0 Å². The van der Waals surface area contributed by atoms with Gasteiger partial charge in [0, 0.05) is 16.6 Å². The number of methoxy groups -OCH3 is 1. The molecule has 32 heavy (non-hydrogen) atoms. The van der Waals surface area contributed by atoms with Gasteiger partial charge in [0.1, 0.15) is 10.6 Å². The molecular formula is C24H25BrN2O4S. The van der Waals surface area contributed by atoms with Crippen LogP contribution < -0.4 is 14.8 Å². The Morgan fingerprint density at radius 3 is 2.38 bits per heavy atom. The summed E-state index contributed by atoms with van der Waals surface area (Å²) < 4.78 is 34.6. The maximum atomic E-state index is 12.9. The molecule has 8 heteroatoms. The molecule has 0 spiro atoms. The van der Waals surface area contributed by atoms with E-state index >= 15 is 0 Å². The van der Waals surface area contributed by atoms with Crippen molar-refractivity contribution >= 4 is 31.9 Å². The van der Waals surface area contributed by atoms with E-state index in [1.54, 1.807) is 6.07 Å². The van der Waals surface area contributed by atoms with Crippen LogP contribution in [0.15, 0.2) is 82.2 Å². The Hall–Kier alpha value is -2.68. The molecule has 0 aromatic heterocycles. The van der Waals surface area contributed by atoms with Gasteiger partial charge in [-0.25, -0.2) is 13.1 Å². The lowest BCUT2D eigenvalue weighted by molar-refractivity contribution is 0.0939. The van der Waals surface area contributed by atoms with E-state index in [1.165, 1.54) is 19.2 Å². The van der Waals surface area contributed by atoms with Crippen LogP contribution in [-0.2, 0) is 16.4 Å². The van der Waals surface area contributed by atoms with Crippen LogP contribution in [0.2, 0.25) is 0 Å². The summed E-state index contributed by atoms with van der Waals surface area (Å²) in [5, 5.41) is 2.90. The highest BCUT2D eigenvalue weighted by molar-refractivity contribution is 9.10. The van der Waals surface area contributed by atoms with Crippen LogP contribution in [0.4, 0.5) is 0 Å². The average molecular weight is 517 g/mol. The highest BCUT2D eigenvalue weighted by atomic mass is 79.9. The van der Waals surface area contributed by atoms with Gasteiger partial charge in [0.05, 0.1) is 13.2 Å². The molecule has 3 rings (SSSR count). The molecule has 2 N–H and O–H groups in total. The quantitative estimate of drug-likeness (QED) is 0.439. The molecule has 0 aliphatic carbocycles. The summed E-state index contributed by atoms with van der Waals surface area (Å²) in [6.45, 7) is 2.10. The Labute approximate surface area is 197 Å². The van der Waals surface area contributed by atoms with Gasteiger partial charge in [0.2, 0.25) is 10.0 Å². The average Bonchev–Trinajstić information content (AvgIpc) is 2.79. The van der Waals surface area contributed by atoms with E-state index in [4.69, 9.17) is 4.74 Å². The lowest BCUT2D eigenvalue weighted by atomic mass is 10.1. The molecule has 0 bridgehead atoms. The van der Waals surface area contributed by atoms with Crippen molar-refractivity contribution in [3.05, 3.63) is 94.0 Å². The fourth-order valence-electron chi connectivity index (χ4n) is 3.19. The van der Waals surface area contributed by atoms with Crippen molar-refractivity contribution in [2.24, 2.45) is 0 Å². The fraction of sp³-hybridized carbons (Fsp3) is 0.208. The third kappa shape index (κ3) is 6.18. The molecule has 0 saturated heterocycles. The minimum absolute atomic E-state index is 0.0722. The van der Waals surface area contributed by atoms with E-state index < -0.39 is 10.0 Å². The molecule has 0 aliphatic heterocycles. The topological polar surface area (TPSA) is 84.5 Å². The van der Waals surface area contributed by atoms with Crippen LogP contribution in [0.3, 0.4) is 0 Å². The van der Waals surface area contributed by atoms with Gasteiger partial charge in [-0.3, -0.25) is 4.79 Å². The Kier molecular flexibility index (Phi) is 8.06. The first-order chi connectivity index (χ1) is 15.3. The summed E-state index contributed by atoms with van der Waals surface area (Å²) in [6.07, 6.45) is 0.549. The van der Waals surface area contributed by atoms with Crippen LogP contribution in [0, 0.1) is 0 Å². The molecule has 1 unspecified atom stereocenters. The number of benzene rings is 3. The van der Waals surface area contributed by atoms with Crippen LogP contribution in [0.25, 0.3) is 0 Å². The second-order valence-corrected chi connectivity index (χ2v) is 9.90.